The summed E-state index contributed by atoms with van der Waals surface area (Å²) in [6, 6.07) is -0.556. The van der Waals surface area contributed by atoms with Crippen molar-refractivity contribution in [3.8, 4) is 0 Å². The Morgan fingerprint density at radius 1 is 1.46 bits per heavy atom. The van der Waals surface area contributed by atoms with Gasteiger partial charge in [-0.3, -0.25) is 4.79 Å². The third-order valence-electron chi connectivity index (χ3n) is 1.89. The number of primary amides is 1. The van der Waals surface area contributed by atoms with Crippen molar-refractivity contribution in [2.45, 2.75) is 6.04 Å². The molecule has 1 amide bonds. The first-order chi connectivity index (χ1) is 6.20. The lowest BCUT2D eigenvalue weighted by atomic mass is 9.98. The van der Waals surface area contributed by atoms with Crippen LogP contribution in [0.5, 0.6) is 0 Å². The van der Waals surface area contributed by atoms with Crippen molar-refractivity contribution >= 4 is 11.7 Å². The molecule has 0 aromatic rings. The molecule has 4 N–H and O–H groups in total. The molecule has 1 unspecified atom stereocenters. The van der Waals surface area contributed by atoms with Gasteiger partial charge in [-0.05, 0) is 0 Å². The van der Waals surface area contributed by atoms with Crippen LogP contribution in [0, 0.1) is 0 Å². The summed E-state index contributed by atoms with van der Waals surface area (Å²) in [7, 11) is 0. The second-order valence-electron chi connectivity index (χ2n) is 2.68. The van der Waals surface area contributed by atoms with Crippen molar-refractivity contribution in [2.24, 2.45) is 26.7 Å². The summed E-state index contributed by atoms with van der Waals surface area (Å²) < 4.78 is 0. The van der Waals surface area contributed by atoms with Crippen LogP contribution in [0.1, 0.15) is 0 Å². The summed E-state index contributed by atoms with van der Waals surface area (Å²) in [5.74, 6) is -0.111. The summed E-state index contributed by atoms with van der Waals surface area (Å²) in [6.45, 7) is 0. The van der Waals surface area contributed by atoms with Crippen molar-refractivity contribution in [2.75, 3.05) is 0 Å². The van der Waals surface area contributed by atoms with Gasteiger partial charge in [-0.2, -0.15) is 5.11 Å². The van der Waals surface area contributed by atoms with E-state index in [1.165, 1.54) is 12.4 Å². The number of carbonyl (C=O) groups excluding carboxylic acids is 1. The normalized spacial score (nSPS) is 24.7. The van der Waals surface area contributed by atoms with Crippen LogP contribution in [0.15, 0.2) is 38.8 Å². The highest BCUT2D eigenvalue weighted by Crippen LogP contribution is 2.21. The minimum absolute atomic E-state index is 0.280. The number of amidine groups is 1. The molecule has 0 radical (unpaired) electrons. The Labute approximate surface area is 73.7 Å². The number of aliphatic imine (C=N–C) groups is 1. The van der Waals surface area contributed by atoms with Crippen molar-refractivity contribution < 1.29 is 4.79 Å². The molecule has 0 saturated heterocycles. The fourth-order valence-corrected chi connectivity index (χ4v) is 1.18. The van der Waals surface area contributed by atoms with Crippen LogP contribution in [0.25, 0.3) is 0 Å². The molecule has 0 aromatic heterocycles. The van der Waals surface area contributed by atoms with Crippen LogP contribution in [-0.4, -0.2) is 17.8 Å². The molecular formula is C7H7N5O. The summed E-state index contributed by atoms with van der Waals surface area (Å²) >= 11 is 0. The number of hydrogen-bond donors (Lipinski definition) is 2. The average Bonchev–Trinajstić information content (AvgIpc) is 2.52. The van der Waals surface area contributed by atoms with Crippen molar-refractivity contribution in [1.82, 2.24) is 0 Å². The van der Waals surface area contributed by atoms with E-state index in [-0.39, 0.29) is 5.57 Å². The Morgan fingerprint density at radius 2 is 2.23 bits per heavy atom. The van der Waals surface area contributed by atoms with E-state index in [0.29, 0.717) is 11.4 Å². The summed E-state index contributed by atoms with van der Waals surface area (Å²) in [5.41, 5.74) is 11.7. The van der Waals surface area contributed by atoms with E-state index in [2.05, 4.69) is 15.2 Å². The molecule has 6 heteroatoms. The number of carbonyl (C=O) groups is 1. The monoisotopic (exact) mass is 177 g/mol. The Morgan fingerprint density at radius 3 is 2.92 bits per heavy atom. The minimum Gasteiger partial charge on any atom is -0.366 e. The van der Waals surface area contributed by atoms with Gasteiger partial charge in [0, 0.05) is 11.8 Å². The number of hydrogen-bond acceptors (Lipinski definition) is 5. The van der Waals surface area contributed by atoms with E-state index >= 15 is 0 Å². The molecule has 2 aliphatic rings. The molecule has 2 rings (SSSR count). The maximum Gasteiger partial charge on any atom is 0.248 e. The van der Waals surface area contributed by atoms with Gasteiger partial charge in [-0.1, -0.05) is 0 Å². The minimum atomic E-state index is -0.567. The van der Waals surface area contributed by atoms with E-state index in [9.17, 15) is 4.79 Å². The summed E-state index contributed by atoms with van der Waals surface area (Å²) in [5, 5.41) is 7.35. The summed E-state index contributed by atoms with van der Waals surface area (Å²) in [6.07, 6.45) is 2.82. The maximum absolute atomic E-state index is 10.9. The van der Waals surface area contributed by atoms with Crippen LogP contribution in [-0.2, 0) is 4.79 Å². The quantitative estimate of drug-likeness (QED) is 0.560. The number of nitrogens with zero attached hydrogens (tertiary/aromatic N) is 3. The van der Waals surface area contributed by atoms with Gasteiger partial charge in [0.1, 0.15) is 0 Å². The van der Waals surface area contributed by atoms with Crippen molar-refractivity contribution in [3.05, 3.63) is 23.5 Å². The van der Waals surface area contributed by atoms with Gasteiger partial charge in [0.2, 0.25) is 5.91 Å². The largest absolute Gasteiger partial charge is 0.366 e. The molecule has 0 bridgehead atoms. The van der Waals surface area contributed by atoms with Crippen LogP contribution < -0.4 is 11.5 Å². The molecule has 1 atom stereocenters. The van der Waals surface area contributed by atoms with E-state index in [1.807, 2.05) is 0 Å². The SMILES string of the molecule is NC(=O)C1=CN=C2N=NC=C2C1N. The van der Waals surface area contributed by atoms with Gasteiger partial charge in [-0.15, -0.1) is 5.11 Å². The third kappa shape index (κ3) is 1.07. The second kappa shape index (κ2) is 2.60. The molecule has 2 aliphatic heterocycles. The van der Waals surface area contributed by atoms with E-state index in [0.717, 1.165) is 0 Å². The van der Waals surface area contributed by atoms with E-state index in [4.69, 9.17) is 11.5 Å². The number of amides is 1. The van der Waals surface area contributed by atoms with Gasteiger partial charge >= 0.3 is 0 Å². The topological polar surface area (TPSA) is 106 Å². The predicted octanol–water partition coefficient (Wildman–Crippen LogP) is -0.555. The maximum atomic E-state index is 10.9. The standard InChI is InChI=1S/C7H7N5O/c8-5-3(6(9)13)1-10-7-4(5)2-11-12-7/h1-2,5H,8H2,(H2,9,13). The number of rotatable bonds is 1. The Hall–Kier alpha value is -1.82. The van der Waals surface area contributed by atoms with Crippen molar-refractivity contribution in [3.63, 3.8) is 0 Å². The first-order valence-corrected chi connectivity index (χ1v) is 3.64. The molecule has 13 heavy (non-hydrogen) atoms. The van der Waals surface area contributed by atoms with Crippen LogP contribution in [0.3, 0.4) is 0 Å². The first-order valence-electron chi connectivity index (χ1n) is 3.64. The van der Waals surface area contributed by atoms with Gasteiger partial charge in [0.05, 0.1) is 17.8 Å². The molecule has 0 aliphatic carbocycles. The van der Waals surface area contributed by atoms with Crippen LogP contribution in [0.4, 0.5) is 0 Å². The average molecular weight is 177 g/mol. The first kappa shape index (κ1) is 7.81. The molecule has 0 spiro atoms. The Bertz CT molecular complexity index is 390. The van der Waals surface area contributed by atoms with Crippen LogP contribution >= 0.6 is 0 Å². The second-order valence-corrected chi connectivity index (χ2v) is 2.68. The van der Waals surface area contributed by atoms with Crippen molar-refractivity contribution in [1.29, 1.82) is 0 Å². The number of azo groups is 1. The zero-order valence-electron chi connectivity index (χ0n) is 6.64. The van der Waals surface area contributed by atoms with Gasteiger partial charge in [-0.25, -0.2) is 4.99 Å². The third-order valence-corrected chi connectivity index (χ3v) is 1.89. The summed E-state index contributed by atoms with van der Waals surface area (Å²) in [4.78, 5) is 14.8. The Balaban J connectivity index is 2.43. The van der Waals surface area contributed by atoms with Gasteiger partial charge < -0.3 is 11.5 Å². The number of nitrogens with two attached hydrogens (primary N) is 2. The zero-order valence-corrected chi connectivity index (χ0v) is 6.64. The molecular weight excluding hydrogens is 170 g/mol. The molecule has 0 saturated carbocycles. The zero-order chi connectivity index (χ0) is 9.42. The molecule has 6 nitrogen and oxygen atoms in total. The lowest BCUT2D eigenvalue weighted by Gasteiger charge is -2.16. The lowest BCUT2D eigenvalue weighted by Crippen LogP contribution is -2.36. The molecule has 0 aromatic carbocycles. The van der Waals surface area contributed by atoms with E-state index < -0.39 is 11.9 Å². The highest BCUT2D eigenvalue weighted by Gasteiger charge is 2.28. The van der Waals surface area contributed by atoms with Gasteiger partial charge in [0.25, 0.3) is 0 Å². The fraction of sp³-hybridized carbons (Fsp3) is 0.143. The number of fused-ring (bicyclic) bond motifs is 1. The van der Waals surface area contributed by atoms with E-state index in [1.54, 1.807) is 0 Å². The van der Waals surface area contributed by atoms with Crippen LogP contribution in [0.2, 0.25) is 0 Å². The molecule has 2 heterocycles. The lowest BCUT2D eigenvalue weighted by molar-refractivity contribution is -0.114. The smallest absolute Gasteiger partial charge is 0.248 e. The fourth-order valence-electron chi connectivity index (χ4n) is 1.18. The molecule has 66 valence electrons. The van der Waals surface area contributed by atoms with Gasteiger partial charge in [0.15, 0.2) is 5.84 Å². The Kier molecular flexibility index (Phi) is 1.56. The highest BCUT2D eigenvalue weighted by atomic mass is 16.1. The molecule has 0 fully saturated rings. The predicted molar refractivity (Wildman–Crippen MR) is 45.6 cm³/mol. The highest BCUT2D eigenvalue weighted by molar-refractivity contribution is 6.07.